The zero-order valence-electron chi connectivity index (χ0n) is 25.1. The first-order valence-corrected chi connectivity index (χ1v) is 15.2. The van der Waals surface area contributed by atoms with Crippen LogP contribution in [0, 0.1) is 5.41 Å². The van der Waals surface area contributed by atoms with Crippen molar-refractivity contribution >= 4 is 40.8 Å². The van der Waals surface area contributed by atoms with E-state index in [9.17, 15) is 9.59 Å². The highest BCUT2D eigenvalue weighted by molar-refractivity contribution is 7.80. The summed E-state index contributed by atoms with van der Waals surface area (Å²) in [6.45, 7) is 0. The molecule has 2 aliphatic rings. The van der Waals surface area contributed by atoms with Gasteiger partial charge in [0, 0.05) is 23.0 Å². The van der Waals surface area contributed by atoms with E-state index >= 15 is 0 Å². The molecule has 1 saturated heterocycles. The number of thiocarbonyl (C=S) groups is 1. The van der Waals surface area contributed by atoms with Gasteiger partial charge in [0.2, 0.25) is 11.8 Å². The van der Waals surface area contributed by atoms with Crippen LogP contribution in [0.4, 0.5) is 0 Å². The first kappa shape index (κ1) is 29.2. The van der Waals surface area contributed by atoms with E-state index in [2.05, 4.69) is 15.7 Å². The van der Waals surface area contributed by atoms with Gasteiger partial charge in [0.05, 0.1) is 25.6 Å². The molecule has 2 atom stereocenters. The number of aromatic amines is 1. The molecule has 1 fully saturated rings. The van der Waals surface area contributed by atoms with Crippen LogP contribution in [0.1, 0.15) is 39.8 Å². The molecule has 4 aromatic carbocycles. The molecular formula is C37H30N4O4S. The van der Waals surface area contributed by atoms with Crippen LogP contribution in [-0.4, -0.2) is 41.3 Å². The van der Waals surface area contributed by atoms with Crippen molar-refractivity contribution in [2.45, 2.75) is 11.8 Å². The number of benzene rings is 4. The Balaban J connectivity index is 1.61. The molecule has 0 radical (unpaired) electrons. The van der Waals surface area contributed by atoms with Gasteiger partial charge in [-0.1, -0.05) is 72.8 Å². The summed E-state index contributed by atoms with van der Waals surface area (Å²) in [5.41, 5.74) is 4.41. The largest absolute Gasteiger partial charge is 0.497 e. The maximum Gasteiger partial charge on any atom is 0.243 e. The number of carbonyl (C=O) groups is 2. The minimum atomic E-state index is -1.69. The van der Waals surface area contributed by atoms with Gasteiger partial charge in [0.1, 0.15) is 11.5 Å². The maximum absolute atomic E-state index is 14.8. The fraction of sp³-hybridized carbons (Fsp3) is 0.135. The summed E-state index contributed by atoms with van der Waals surface area (Å²) in [7, 11) is 3.24. The first-order chi connectivity index (χ1) is 22.4. The Morgan fingerprint density at radius 1 is 0.717 bits per heavy atom. The molecule has 1 aliphatic carbocycles. The summed E-state index contributed by atoms with van der Waals surface area (Å²) >= 11 is 5.35. The van der Waals surface area contributed by atoms with Crippen molar-refractivity contribution in [2.24, 2.45) is 5.41 Å². The Kier molecular flexibility index (Phi) is 7.46. The van der Waals surface area contributed by atoms with Crippen molar-refractivity contribution < 1.29 is 19.1 Å². The summed E-state index contributed by atoms with van der Waals surface area (Å²) in [5, 5.41) is 13.9. The van der Waals surface area contributed by atoms with Crippen molar-refractivity contribution in [3.05, 3.63) is 137 Å². The van der Waals surface area contributed by atoms with Crippen molar-refractivity contribution in [1.82, 2.24) is 20.8 Å². The number of hydrogen-bond donors (Lipinski definition) is 3. The van der Waals surface area contributed by atoms with Gasteiger partial charge in [0.15, 0.2) is 10.5 Å². The van der Waals surface area contributed by atoms with Crippen LogP contribution < -0.4 is 20.1 Å². The van der Waals surface area contributed by atoms with Crippen LogP contribution in [0.5, 0.6) is 11.5 Å². The third kappa shape index (κ3) is 4.67. The van der Waals surface area contributed by atoms with Crippen molar-refractivity contribution in [3.63, 3.8) is 0 Å². The second-order valence-electron chi connectivity index (χ2n) is 11.3. The predicted molar refractivity (Wildman–Crippen MR) is 180 cm³/mol. The number of ether oxygens (including phenoxy) is 2. The molecule has 2 heterocycles. The lowest BCUT2D eigenvalue weighted by atomic mass is 9.52. The quantitative estimate of drug-likeness (QED) is 0.156. The van der Waals surface area contributed by atoms with E-state index in [1.165, 1.54) is 0 Å². The highest BCUT2D eigenvalue weighted by Gasteiger charge is 2.65. The lowest BCUT2D eigenvalue weighted by Crippen LogP contribution is -2.67. The topological polar surface area (TPSA) is 105 Å². The number of nitrogens with zero attached hydrogens (tertiary/aromatic N) is 1. The van der Waals surface area contributed by atoms with E-state index in [4.69, 9.17) is 26.8 Å². The Labute approximate surface area is 271 Å². The van der Waals surface area contributed by atoms with Crippen molar-refractivity contribution in [3.8, 4) is 22.8 Å². The Morgan fingerprint density at radius 2 is 1.24 bits per heavy atom. The first-order valence-electron chi connectivity index (χ1n) is 14.8. The number of nitrogens with one attached hydrogen (secondary N) is 3. The highest BCUT2D eigenvalue weighted by Crippen LogP contribution is 2.62. The fourth-order valence-corrected chi connectivity index (χ4v) is 7.06. The monoisotopic (exact) mass is 626 g/mol. The fourth-order valence-electron chi connectivity index (χ4n) is 6.87. The number of methoxy groups -OCH3 is 2. The molecule has 9 heteroatoms. The molecule has 1 aliphatic heterocycles. The third-order valence-electron chi connectivity index (χ3n) is 8.88. The number of aromatic nitrogens is 2. The van der Waals surface area contributed by atoms with E-state index in [1.54, 1.807) is 14.2 Å². The third-order valence-corrected chi connectivity index (χ3v) is 9.08. The second-order valence-corrected chi connectivity index (χ2v) is 11.7. The molecule has 0 saturated carbocycles. The molecule has 3 N–H and O–H groups in total. The lowest BCUT2D eigenvalue weighted by molar-refractivity contribution is -0.145. The van der Waals surface area contributed by atoms with E-state index in [-0.39, 0.29) is 5.11 Å². The Morgan fingerprint density at radius 3 is 1.78 bits per heavy atom. The molecule has 8 nitrogen and oxygen atoms in total. The SMILES string of the molecule is COc1ccc(/C=C2\c3n[nH]c(-c4ccc(OC)cc4)c3C(c3ccccc3)C3(C(=O)NC(=S)NC3=O)C2c2ccccc2)cc1. The smallest absolute Gasteiger partial charge is 0.243 e. The van der Waals surface area contributed by atoms with E-state index < -0.39 is 29.1 Å². The summed E-state index contributed by atoms with van der Waals surface area (Å²) in [6.07, 6.45) is 2.00. The van der Waals surface area contributed by atoms with Gasteiger partial charge >= 0.3 is 0 Å². The standard InChI is InChI=1S/C37H30N4O4S/c1-44-26-17-13-22(14-18-26)21-28-30(23-9-5-3-6-10-23)37(34(42)38-36(46)39-35(37)43)31(24-11-7-4-8-12-24)29-32(40-41-33(28)29)25-15-19-27(45-2)20-16-25/h3-21,30-31H,1-2H3,(H,40,41)(H2,38,39,42,43,46)/b28-21-. The molecule has 5 aromatic rings. The highest BCUT2D eigenvalue weighted by atomic mass is 32.1. The molecule has 228 valence electrons. The summed E-state index contributed by atoms with van der Waals surface area (Å²) in [5.74, 6) is -1.02. The molecule has 2 unspecified atom stereocenters. The number of fused-ring (bicyclic) bond motifs is 1. The lowest BCUT2D eigenvalue weighted by Gasteiger charge is -2.49. The zero-order chi connectivity index (χ0) is 31.8. The maximum atomic E-state index is 14.8. The van der Waals surface area contributed by atoms with Gasteiger partial charge in [-0.15, -0.1) is 0 Å². The van der Waals surface area contributed by atoms with Crippen LogP contribution in [0.3, 0.4) is 0 Å². The second kappa shape index (κ2) is 11.8. The molecule has 2 amide bonds. The van der Waals surface area contributed by atoms with E-state index in [0.29, 0.717) is 28.5 Å². The number of H-pyrrole nitrogens is 1. The van der Waals surface area contributed by atoms with Crippen LogP contribution in [-0.2, 0) is 9.59 Å². The zero-order valence-corrected chi connectivity index (χ0v) is 25.9. The minimum Gasteiger partial charge on any atom is -0.497 e. The molecule has 1 spiro atoms. The van der Waals surface area contributed by atoms with Gasteiger partial charge in [-0.3, -0.25) is 14.7 Å². The Bertz CT molecular complexity index is 1950. The van der Waals surface area contributed by atoms with Crippen molar-refractivity contribution in [2.75, 3.05) is 14.2 Å². The number of rotatable bonds is 6. The van der Waals surface area contributed by atoms with Crippen LogP contribution in [0.15, 0.2) is 109 Å². The number of carbonyl (C=O) groups excluding carboxylic acids is 2. The van der Waals surface area contributed by atoms with Gasteiger partial charge in [-0.25, -0.2) is 0 Å². The summed E-state index contributed by atoms with van der Waals surface area (Å²) in [4.78, 5) is 29.5. The van der Waals surface area contributed by atoms with Gasteiger partial charge in [-0.05, 0) is 77.0 Å². The van der Waals surface area contributed by atoms with Crippen LogP contribution in [0.2, 0.25) is 0 Å². The molecule has 1 aromatic heterocycles. The average Bonchev–Trinajstić information content (AvgIpc) is 3.53. The van der Waals surface area contributed by atoms with Gasteiger partial charge in [-0.2, -0.15) is 5.10 Å². The Hall–Kier alpha value is -5.54. The summed E-state index contributed by atoms with van der Waals surface area (Å²) in [6, 6.07) is 34.6. The average molecular weight is 627 g/mol. The minimum absolute atomic E-state index is 0.0201. The molecule has 7 rings (SSSR count). The van der Waals surface area contributed by atoms with Crippen molar-refractivity contribution in [1.29, 1.82) is 0 Å². The number of amides is 2. The number of hydrogen-bond acceptors (Lipinski definition) is 6. The van der Waals surface area contributed by atoms with Gasteiger partial charge in [0.25, 0.3) is 0 Å². The summed E-state index contributed by atoms with van der Waals surface area (Å²) < 4.78 is 10.8. The molecule has 46 heavy (non-hydrogen) atoms. The molecular weight excluding hydrogens is 596 g/mol. The number of allylic oxidation sites excluding steroid dienone is 1. The van der Waals surface area contributed by atoms with E-state index in [0.717, 1.165) is 27.8 Å². The van der Waals surface area contributed by atoms with Crippen LogP contribution >= 0.6 is 12.2 Å². The van der Waals surface area contributed by atoms with Gasteiger partial charge < -0.3 is 20.1 Å². The normalized spacial score (nSPS) is 19.3. The van der Waals surface area contributed by atoms with Crippen LogP contribution in [0.25, 0.3) is 22.9 Å². The predicted octanol–water partition coefficient (Wildman–Crippen LogP) is 6.08. The molecule has 0 bridgehead atoms. The van der Waals surface area contributed by atoms with E-state index in [1.807, 2.05) is 115 Å².